The summed E-state index contributed by atoms with van der Waals surface area (Å²) < 4.78 is 69.2. The van der Waals surface area contributed by atoms with Crippen LogP contribution in [0, 0.1) is 42.7 Å². The van der Waals surface area contributed by atoms with Crippen LogP contribution in [0.3, 0.4) is 0 Å². The number of benzene rings is 2. The lowest BCUT2D eigenvalue weighted by atomic mass is 10.00. The van der Waals surface area contributed by atoms with Crippen molar-refractivity contribution in [2.45, 2.75) is 39.2 Å². The van der Waals surface area contributed by atoms with Gasteiger partial charge in [0.25, 0.3) is 0 Å². The lowest BCUT2D eigenvalue weighted by Gasteiger charge is -2.40. The summed E-state index contributed by atoms with van der Waals surface area (Å²) in [5, 5.41) is 16.6. The number of pyridine rings is 2. The van der Waals surface area contributed by atoms with Crippen LogP contribution in [0.5, 0.6) is 0 Å². The molecular weight excluding hydrogens is 577 g/mol. The molecule has 0 radical (unpaired) electrons. The smallest absolute Gasteiger partial charge is 0.343 e. The molecule has 0 fully saturated rings. The molecule has 3 N–H and O–H groups in total. The molecule has 5 rings (SSSR count). The van der Waals surface area contributed by atoms with Gasteiger partial charge in [-0.05, 0) is 50.6 Å². The number of hydrogen-bond donors (Lipinski definition) is 3. The molecule has 0 bridgehead atoms. The monoisotopic (exact) mass is 606 g/mol. The molecule has 4 aromatic rings. The van der Waals surface area contributed by atoms with E-state index >= 15 is 0 Å². The van der Waals surface area contributed by atoms with Crippen molar-refractivity contribution in [3.8, 4) is 6.07 Å². The van der Waals surface area contributed by atoms with E-state index in [1.54, 1.807) is 30.6 Å². The predicted octanol–water partition coefficient (Wildman–Crippen LogP) is 7.86. The molecule has 0 amide bonds. The van der Waals surface area contributed by atoms with E-state index in [4.69, 9.17) is 0 Å². The number of nitrogens with zero attached hydrogens (tertiary/aromatic N) is 4. The van der Waals surface area contributed by atoms with Gasteiger partial charge in [-0.3, -0.25) is 9.97 Å². The van der Waals surface area contributed by atoms with Crippen LogP contribution in [0.15, 0.2) is 90.9 Å². The fraction of sp³-hybridized carbons (Fsp3) is 0.219. The van der Waals surface area contributed by atoms with Gasteiger partial charge in [0.15, 0.2) is 28.7 Å². The second-order valence-corrected chi connectivity index (χ2v) is 10.5. The molecule has 0 spiro atoms. The third-order valence-corrected chi connectivity index (χ3v) is 7.34. The first kappa shape index (κ1) is 30.6. The Morgan fingerprint density at radius 2 is 1.50 bits per heavy atom. The third kappa shape index (κ3) is 5.84. The molecule has 1 unspecified atom stereocenters. The summed E-state index contributed by atoms with van der Waals surface area (Å²) in [6.07, 6.45) is 0.697. The average Bonchev–Trinajstić information content (AvgIpc) is 3.30. The van der Waals surface area contributed by atoms with Crippen molar-refractivity contribution in [2.24, 2.45) is 5.92 Å². The Bertz CT molecular complexity index is 1720. The zero-order chi connectivity index (χ0) is 31.7. The maximum absolute atomic E-state index is 14.4. The van der Waals surface area contributed by atoms with Gasteiger partial charge in [-0.15, -0.1) is 10.0 Å². The van der Waals surface area contributed by atoms with Crippen molar-refractivity contribution in [1.82, 2.24) is 20.0 Å². The minimum absolute atomic E-state index is 0.0693. The van der Waals surface area contributed by atoms with Gasteiger partial charge in [-0.1, -0.05) is 13.0 Å². The summed E-state index contributed by atoms with van der Waals surface area (Å²) in [5.41, 5.74) is 5.98. The van der Waals surface area contributed by atoms with Crippen LogP contribution in [0.1, 0.15) is 30.3 Å². The molecule has 0 saturated carbocycles. The molecule has 226 valence electrons. The Hall–Kier alpha value is -4.86. The number of anilines is 2. The van der Waals surface area contributed by atoms with Crippen molar-refractivity contribution in [3.63, 3.8) is 0 Å². The molecule has 7 nitrogen and oxygen atoms in total. The van der Waals surface area contributed by atoms with E-state index in [2.05, 4.69) is 32.1 Å². The van der Waals surface area contributed by atoms with Gasteiger partial charge < -0.3 is 10.6 Å². The van der Waals surface area contributed by atoms with Crippen molar-refractivity contribution in [3.05, 3.63) is 119 Å². The minimum Gasteiger partial charge on any atom is -0.343 e. The second kappa shape index (κ2) is 11.7. The first-order valence-corrected chi connectivity index (χ1v) is 13.8. The lowest BCUT2D eigenvalue weighted by Crippen LogP contribution is -2.65. The number of aromatic nitrogens is 2. The molecule has 2 atom stereocenters. The number of nitrogens with one attached hydrogen (secondary N) is 3. The largest absolute Gasteiger partial charge is 0.416 e. The highest BCUT2D eigenvalue weighted by molar-refractivity contribution is 5.68. The van der Waals surface area contributed by atoms with Gasteiger partial charge in [-0.2, -0.15) is 18.4 Å². The summed E-state index contributed by atoms with van der Waals surface area (Å²) >= 11 is 0. The van der Waals surface area contributed by atoms with Crippen LogP contribution in [0.25, 0.3) is 0 Å². The fourth-order valence-corrected chi connectivity index (χ4v) is 5.40. The van der Waals surface area contributed by atoms with E-state index in [1.165, 1.54) is 18.2 Å². The molecule has 44 heavy (non-hydrogen) atoms. The standard InChI is InChI=1S/C32H29F5N7/c1-4-22(19-38)30-18-31(42-25-8-9-28(33)29(34)17-25,41-24-7-5-6-23(16-24)32(35,36)37)43-44(30,26-10-12-39-20(2)14-26)27-11-13-40-21(3)15-27/h5-18,22,41-43H,4H2,1-3H3/q+1/t22-,31?/m1/s1. The summed E-state index contributed by atoms with van der Waals surface area (Å²) in [6, 6.07) is 17.4. The SMILES string of the molecule is CC[C@H](C#N)C1=CC(Nc2cccc(C(F)(F)F)c2)(Nc2ccc(F)c(F)c2)N[N+]1(c1ccnc(C)c1)c1ccnc(C)c1. The number of hydrogen-bond acceptors (Lipinski definition) is 6. The highest BCUT2D eigenvalue weighted by Crippen LogP contribution is 2.47. The topological polar surface area (TPSA) is 85.7 Å². The Kier molecular flexibility index (Phi) is 8.11. The van der Waals surface area contributed by atoms with E-state index in [1.807, 2.05) is 32.9 Å². The number of allylic oxidation sites excluding steroid dienone is 1. The molecular formula is C32H29F5N7+. The van der Waals surface area contributed by atoms with Crippen molar-refractivity contribution in [2.75, 3.05) is 10.6 Å². The summed E-state index contributed by atoms with van der Waals surface area (Å²) in [7, 11) is 0. The zero-order valence-electron chi connectivity index (χ0n) is 24.0. The third-order valence-electron chi connectivity index (χ3n) is 7.34. The van der Waals surface area contributed by atoms with Crippen molar-refractivity contribution >= 4 is 22.7 Å². The van der Waals surface area contributed by atoms with Gasteiger partial charge in [-0.25, -0.2) is 8.78 Å². The number of aryl methyl sites for hydroxylation is 2. The Balaban J connectivity index is 1.80. The molecule has 0 aliphatic carbocycles. The van der Waals surface area contributed by atoms with E-state index < -0.39 is 35.1 Å². The van der Waals surface area contributed by atoms with E-state index in [9.17, 15) is 27.2 Å². The number of nitriles is 1. The van der Waals surface area contributed by atoms with Crippen LogP contribution >= 0.6 is 0 Å². The van der Waals surface area contributed by atoms with E-state index in [0.29, 0.717) is 34.9 Å². The molecule has 1 aliphatic rings. The fourth-order valence-electron chi connectivity index (χ4n) is 5.40. The Morgan fingerprint density at radius 3 is 2.02 bits per heavy atom. The number of rotatable bonds is 8. The summed E-state index contributed by atoms with van der Waals surface area (Å²) in [4.78, 5) is 8.67. The van der Waals surface area contributed by atoms with E-state index in [-0.39, 0.29) is 16.0 Å². The summed E-state index contributed by atoms with van der Waals surface area (Å²) in [6.45, 7) is 5.47. The molecule has 2 aromatic carbocycles. The van der Waals surface area contributed by atoms with Crippen LogP contribution in [0.2, 0.25) is 0 Å². The Morgan fingerprint density at radius 1 is 0.886 bits per heavy atom. The quantitative estimate of drug-likeness (QED) is 0.108. The average molecular weight is 607 g/mol. The van der Waals surface area contributed by atoms with Gasteiger partial charge in [0, 0.05) is 71.6 Å². The van der Waals surface area contributed by atoms with Gasteiger partial charge >= 0.3 is 6.18 Å². The highest BCUT2D eigenvalue weighted by atomic mass is 19.4. The number of quaternary nitrogens is 1. The summed E-state index contributed by atoms with van der Waals surface area (Å²) in [5.74, 6) is -4.53. The number of alkyl halides is 3. The first-order valence-electron chi connectivity index (χ1n) is 13.8. The van der Waals surface area contributed by atoms with Crippen LogP contribution < -0.4 is 20.7 Å². The predicted molar refractivity (Wildman–Crippen MR) is 158 cm³/mol. The molecule has 12 heteroatoms. The van der Waals surface area contributed by atoms with Gasteiger partial charge in [0.05, 0.1) is 11.6 Å². The number of halogens is 5. The van der Waals surface area contributed by atoms with Gasteiger partial charge in [0.2, 0.25) is 5.79 Å². The highest BCUT2D eigenvalue weighted by Gasteiger charge is 2.55. The van der Waals surface area contributed by atoms with Gasteiger partial charge in [0.1, 0.15) is 5.92 Å². The first-order chi connectivity index (χ1) is 20.9. The van der Waals surface area contributed by atoms with Crippen LogP contribution in [0.4, 0.5) is 44.7 Å². The minimum atomic E-state index is -4.61. The maximum Gasteiger partial charge on any atom is 0.416 e. The van der Waals surface area contributed by atoms with Crippen molar-refractivity contribution in [1.29, 1.82) is 5.26 Å². The van der Waals surface area contributed by atoms with Crippen molar-refractivity contribution < 1.29 is 22.0 Å². The molecule has 1 aliphatic heterocycles. The second-order valence-electron chi connectivity index (χ2n) is 10.5. The van der Waals surface area contributed by atoms with Crippen LogP contribution in [-0.2, 0) is 6.18 Å². The van der Waals surface area contributed by atoms with E-state index in [0.717, 1.165) is 24.3 Å². The lowest BCUT2D eigenvalue weighted by molar-refractivity contribution is -0.137. The Labute approximate surface area is 251 Å². The molecule has 2 aromatic heterocycles. The molecule has 0 saturated heterocycles. The maximum atomic E-state index is 14.4. The van der Waals surface area contributed by atoms with Crippen LogP contribution in [-0.4, -0.2) is 15.8 Å². The zero-order valence-corrected chi connectivity index (χ0v) is 24.0. The normalized spacial score (nSPS) is 18.3. The molecule has 3 heterocycles.